The molecule has 5 rings (SSSR count). The molecule has 1 saturated heterocycles. The summed E-state index contributed by atoms with van der Waals surface area (Å²) in [5, 5.41) is 0.497. The van der Waals surface area contributed by atoms with Gasteiger partial charge in [0.1, 0.15) is 15.7 Å². The number of anilines is 2. The molecule has 0 unspecified atom stereocenters. The van der Waals surface area contributed by atoms with E-state index in [2.05, 4.69) is 19.9 Å². The zero-order valence-corrected chi connectivity index (χ0v) is 15.2. The van der Waals surface area contributed by atoms with Crippen molar-refractivity contribution in [3.63, 3.8) is 0 Å². The number of fused-ring (bicyclic) bond motifs is 1. The van der Waals surface area contributed by atoms with Gasteiger partial charge in [-0.25, -0.2) is 9.97 Å². The van der Waals surface area contributed by atoms with Crippen molar-refractivity contribution in [1.29, 1.82) is 0 Å². The first-order chi connectivity index (χ1) is 13.2. The Morgan fingerprint density at radius 1 is 1.11 bits per heavy atom. The zero-order valence-electron chi connectivity index (χ0n) is 14.4. The molecule has 0 N–H and O–H groups in total. The molecule has 0 atom stereocenters. The molecule has 2 aliphatic heterocycles. The summed E-state index contributed by atoms with van der Waals surface area (Å²) in [6.45, 7) is 2.20. The van der Waals surface area contributed by atoms with Crippen molar-refractivity contribution in [2.24, 2.45) is 0 Å². The third-order valence-electron chi connectivity index (χ3n) is 4.90. The van der Waals surface area contributed by atoms with Gasteiger partial charge in [-0.15, -0.1) is 11.3 Å². The number of hydrogen-bond donors (Lipinski definition) is 0. The van der Waals surface area contributed by atoms with Crippen molar-refractivity contribution >= 4 is 28.7 Å². The van der Waals surface area contributed by atoms with Crippen LogP contribution in [0.4, 0.5) is 15.9 Å². The van der Waals surface area contributed by atoms with Gasteiger partial charge in [-0.3, -0.25) is 14.7 Å². The molecule has 8 heteroatoms. The summed E-state index contributed by atoms with van der Waals surface area (Å²) >= 11 is 1.22. The molecular weight excluding hydrogens is 365 g/mol. The van der Waals surface area contributed by atoms with E-state index in [9.17, 15) is 9.18 Å². The standard InChI is InChI=1S/C19H16FN5OS/c20-17-13(5-6-15(23-17)24-8-1-2-9-24)18-22-14-11-25(19(26)16(14)27-18)12-4-3-7-21-10-12/h3-7,10H,1-2,8-9,11H2. The quantitative estimate of drug-likeness (QED) is 0.650. The van der Waals surface area contributed by atoms with Gasteiger partial charge in [-0.05, 0) is 37.1 Å². The highest BCUT2D eigenvalue weighted by molar-refractivity contribution is 7.17. The van der Waals surface area contributed by atoms with Crippen molar-refractivity contribution in [3.05, 3.63) is 53.2 Å². The monoisotopic (exact) mass is 381 g/mol. The van der Waals surface area contributed by atoms with Crippen molar-refractivity contribution in [3.8, 4) is 10.6 Å². The van der Waals surface area contributed by atoms with Crippen LogP contribution in [-0.2, 0) is 6.54 Å². The summed E-state index contributed by atoms with van der Waals surface area (Å²) in [5.74, 6) is 0.00358. The average Bonchev–Trinajstić information content (AvgIpc) is 3.41. The van der Waals surface area contributed by atoms with Crippen LogP contribution in [0, 0.1) is 5.95 Å². The minimum absolute atomic E-state index is 0.121. The third kappa shape index (κ3) is 2.76. The maximum Gasteiger partial charge on any atom is 0.270 e. The van der Waals surface area contributed by atoms with Crippen LogP contribution in [0.2, 0.25) is 0 Å². The fraction of sp³-hybridized carbons (Fsp3) is 0.263. The fourth-order valence-electron chi connectivity index (χ4n) is 3.51. The van der Waals surface area contributed by atoms with Gasteiger partial charge >= 0.3 is 0 Å². The minimum Gasteiger partial charge on any atom is -0.357 e. The first kappa shape index (κ1) is 16.3. The van der Waals surface area contributed by atoms with Crippen LogP contribution in [0.1, 0.15) is 28.2 Å². The first-order valence-corrected chi connectivity index (χ1v) is 9.66. The molecule has 0 bridgehead atoms. The number of hydrogen-bond acceptors (Lipinski definition) is 6. The van der Waals surface area contributed by atoms with Gasteiger partial charge in [0.15, 0.2) is 0 Å². The van der Waals surface area contributed by atoms with Gasteiger partial charge in [0.05, 0.1) is 29.7 Å². The molecule has 3 aromatic heterocycles. The maximum atomic E-state index is 14.6. The Bertz CT molecular complexity index is 1020. The molecule has 136 valence electrons. The average molecular weight is 381 g/mol. The van der Waals surface area contributed by atoms with Gasteiger partial charge in [-0.2, -0.15) is 4.39 Å². The Hall–Kier alpha value is -2.87. The second kappa shape index (κ2) is 6.38. The Kier molecular flexibility index (Phi) is 3.86. The van der Waals surface area contributed by atoms with E-state index in [1.165, 1.54) is 11.3 Å². The number of halogens is 1. The summed E-state index contributed by atoms with van der Waals surface area (Å²) in [5.41, 5.74) is 1.75. The molecule has 2 aliphatic rings. The summed E-state index contributed by atoms with van der Waals surface area (Å²) in [4.78, 5) is 29.7. The fourth-order valence-corrected chi connectivity index (χ4v) is 4.55. The van der Waals surface area contributed by atoms with E-state index in [-0.39, 0.29) is 5.91 Å². The summed E-state index contributed by atoms with van der Waals surface area (Å²) in [7, 11) is 0. The number of pyridine rings is 2. The normalized spacial score (nSPS) is 16.3. The molecule has 0 aromatic carbocycles. The van der Waals surface area contributed by atoms with Crippen molar-refractivity contribution in [2.75, 3.05) is 22.9 Å². The van der Waals surface area contributed by atoms with Crippen LogP contribution < -0.4 is 9.80 Å². The lowest BCUT2D eigenvalue weighted by molar-refractivity contribution is 0.1000. The Morgan fingerprint density at radius 3 is 2.67 bits per heavy atom. The largest absolute Gasteiger partial charge is 0.357 e. The van der Waals surface area contributed by atoms with E-state index in [0.717, 1.165) is 31.6 Å². The summed E-state index contributed by atoms with van der Waals surface area (Å²) in [6, 6.07) is 7.17. The second-order valence-electron chi connectivity index (χ2n) is 6.60. The van der Waals surface area contributed by atoms with E-state index in [1.807, 2.05) is 12.1 Å². The molecule has 27 heavy (non-hydrogen) atoms. The predicted octanol–water partition coefficient (Wildman–Crippen LogP) is 3.50. The number of amides is 1. The van der Waals surface area contributed by atoms with Crippen molar-refractivity contribution in [2.45, 2.75) is 19.4 Å². The smallest absolute Gasteiger partial charge is 0.270 e. The molecule has 3 aromatic rings. The van der Waals surface area contributed by atoms with E-state index in [0.29, 0.717) is 33.5 Å². The number of aromatic nitrogens is 3. The molecule has 5 heterocycles. The molecule has 0 spiro atoms. The highest BCUT2D eigenvalue weighted by atomic mass is 32.1. The zero-order chi connectivity index (χ0) is 18.4. The van der Waals surface area contributed by atoms with E-state index in [1.54, 1.807) is 29.4 Å². The van der Waals surface area contributed by atoms with Gasteiger partial charge in [-0.1, -0.05) is 0 Å². The third-order valence-corrected chi connectivity index (χ3v) is 6.02. The first-order valence-electron chi connectivity index (χ1n) is 8.84. The number of carbonyl (C=O) groups excluding carboxylic acids is 1. The Balaban J connectivity index is 1.43. The van der Waals surface area contributed by atoms with Gasteiger partial charge in [0.25, 0.3) is 5.91 Å². The highest BCUT2D eigenvalue weighted by Gasteiger charge is 2.33. The maximum absolute atomic E-state index is 14.6. The Labute approximate surface area is 159 Å². The number of nitrogens with zero attached hydrogens (tertiary/aromatic N) is 5. The van der Waals surface area contributed by atoms with E-state index in [4.69, 9.17) is 0 Å². The number of rotatable bonds is 3. The molecule has 0 saturated carbocycles. The minimum atomic E-state index is -0.539. The number of thiazole rings is 1. The van der Waals surface area contributed by atoms with Gasteiger partial charge in [0.2, 0.25) is 5.95 Å². The van der Waals surface area contributed by atoms with Crippen LogP contribution in [0.15, 0.2) is 36.7 Å². The lowest BCUT2D eigenvalue weighted by Crippen LogP contribution is -2.23. The topological polar surface area (TPSA) is 62.2 Å². The van der Waals surface area contributed by atoms with E-state index >= 15 is 0 Å². The molecule has 1 fully saturated rings. The molecule has 0 radical (unpaired) electrons. The second-order valence-corrected chi connectivity index (χ2v) is 7.60. The van der Waals surface area contributed by atoms with Crippen LogP contribution in [-0.4, -0.2) is 33.9 Å². The molecule has 1 amide bonds. The van der Waals surface area contributed by atoms with E-state index < -0.39 is 5.95 Å². The molecule has 0 aliphatic carbocycles. The highest BCUT2D eigenvalue weighted by Crippen LogP contribution is 2.36. The molecule has 6 nitrogen and oxygen atoms in total. The van der Waals surface area contributed by atoms with Crippen LogP contribution in [0.25, 0.3) is 10.6 Å². The summed E-state index contributed by atoms with van der Waals surface area (Å²) < 4.78 is 14.6. The molecular formula is C19H16FN5OS. The van der Waals surface area contributed by atoms with Crippen LogP contribution in [0.5, 0.6) is 0 Å². The van der Waals surface area contributed by atoms with Crippen LogP contribution >= 0.6 is 11.3 Å². The van der Waals surface area contributed by atoms with Gasteiger partial charge < -0.3 is 4.90 Å². The van der Waals surface area contributed by atoms with Crippen molar-refractivity contribution in [1.82, 2.24) is 15.0 Å². The lowest BCUT2D eigenvalue weighted by atomic mass is 10.2. The number of carbonyl (C=O) groups is 1. The Morgan fingerprint density at radius 2 is 1.96 bits per heavy atom. The van der Waals surface area contributed by atoms with Gasteiger partial charge in [0, 0.05) is 19.3 Å². The van der Waals surface area contributed by atoms with Crippen LogP contribution in [0.3, 0.4) is 0 Å². The SMILES string of the molecule is O=C1c2sc(-c3ccc(N4CCCC4)nc3F)nc2CN1c1cccnc1. The lowest BCUT2D eigenvalue weighted by Gasteiger charge is -2.16. The predicted molar refractivity (Wildman–Crippen MR) is 102 cm³/mol. The van der Waals surface area contributed by atoms with Crippen molar-refractivity contribution < 1.29 is 9.18 Å². The summed E-state index contributed by atoms with van der Waals surface area (Å²) in [6.07, 6.45) is 5.54.